The predicted octanol–water partition coefficient (Wildman–Crippen LogP) is 0.0159. The predicted molar refractivity (Wildman–Crippen MR) is 59.5 cm³/mol. The van der Waals surface area contributed by atoms with Crippen molar-refractivity contribution in [2.75, 3.05) is 13.1 Å². The van der Waals surface area contributed by atoms with Gasteiger partial charge in [-0.2, -0.15) is 0 Å². The zero-order valence-electron chi connectivity index (χ0n) is 9.63. The molecule has 0 aromatic rings. The summed E-state index contributed by atoms with van der Waals surface area (Å²) < 4.78 is 0. The van der Waals surface area contributed by atoms with Crippen molar-refractivity contribution in [2.24, 2.45) is 5.92 Å². The number of carboxylic acids is 1. The molecule has 2 fully saturated rings. The van der Waals surface area contributed by atoms with Gasteiger partial charge in [-0.1, -0.05) is 0 Å². The lowest BCUT2D eigenvalue weighted by atomic mass is 9.93. The Labute approximate surface area is 99.6 Å². The molecule has 17 heavy (non-hydrogen) atoms. The van der Waals surface area contributed by atoms with Crippen LogP contribution in [-0.2, 0) is 4.79 Å². The fourth-order valence-corrected chi connectivity index (χ4v) is 2.29. The number of urea groups is 1. The highest BCUT2D eigenvalue weighted by atomic mass is 16.4. The highest BCUT2D eigenvalue weighted by Gasteiger charge is 2.36. The van der Waals surface area contributed by atoms with E-state index < -0.39 is 11.9 Å². The summed E-state index contributed by atoms with van der Waals surface area (Å²) >= 11 is 0. The van der Waals surface area contributed by atoms with Gasteiger partial charge in [-0.3, -0.25) is 4.79 Å². The van der Waals surface area contributed by atoms with Crippen molar-refractivity contribution in [3.05, 3.63) is 0 Å². The minimum Gasteiger partial charge on any atom is -0.481 e. The van der Waals surface area contributed by atoms with Crippen LogP contribution in [0.15, 0.2) is 0 Å². The summed E-state index contributed by atoms with van der Waals surface area (Å²) in [5, 5.41) is 20.9. The van der Waals surface area contributed by atoms with Crippen LogP contribution < -0.4 is 5.32 Å². The molecule has 1 saturated heterocycles. The number of carbonyl (C=O) groups is 2. The summed E-state index contributed by atoms with van der Waals surface area (Å²) in [6.45, 7) is 0.604. The van der Waals surface area contributed by atoms with Gasteiger partial charge in [0.15, 0.2) is 0 Å². The molecule has 0 radical (unpaired) electrons. The first-order valence-corrected chi connectivity index (χ1v) is 6.02. The van der Waals surface area contributed by atoms with Crippen LogP contribution in [0.3, 0.4) is 0 Å². The van der Waals surface area contributed by atoms with Crippen LogP contribution in [0.2, 0.25) is 0 Å². The SMILES string of the molecule is O=C(O)C1CN(C(=O)NC2CCC(O)CC2)C1. The maximum Gasteiger partial charge on any atom is 0.317 e. The van der Waals surface area contributed by atoms with Gasteiger partial charge in [0.2, 0.25) is 0 Å². The van der Waals surface area contributed by atoms with E-state index in [-0.39, 0.29) is 18.2 Å². The number of nitrogens with one attached hydrogen (secondary N) is 1. The van der Waals surface area contributed by atoms with Crippen molar-refractivity contribution in [3.63, 3.8) is 0 Å². The molecular weight excluding hydrogens is 224 g/mol. The Balaban J connectivity index is 1.70. The van der Waals surface area contributed by atoms with E-state index in [0.717, 1.165) is 25.7 Å². The van der Waals surface area contributed by atoms with Gasteiger partial charge in [-0.05, 0) is 25.7 Å². The standard InChI is InChI=1S/C11H18N2O4/c14-9-3-1-8(2-4-9)12-11(17)13-5-7(6-13)10(15)16/h7-9,14H,1-6H2,(H,12,17)(H,15,16). The average molecular weight is 242 g/mol. The van der Waals surface area contributed by atoms with Gasteiger partial charge in [-0.15, -0.1) is 0 Å². The molecule has 0 unspecified atom stereocenters. The second kappa shape index (κ2) is 4.91. The fraction of sp³-hybridized carbons (Fsp3) is 0.818. The third-order valence-corrected chi connectivity index (χ3v) is 3.54. The van der Waals surface area contributed by atoms with E-state index in [1.165, 1.54) is 4.90 Å². The van der Waals surface area contributed by atoms with Crippen LogP contribution in [0.1, 0.15) is 25.7 Å². The number of hydrogen-bond donors (Lipinski definition) is 3. The summed E-state index contributed by atoms with van der Waals surface area (Å²) in [4.78, 5) is 23.8. The summed E-state index contributed by atoms with van der Waals surface area (Å²) in [6, 6.07) is -0.0568. The number of rotatable bonds is 2. The highest BCUT2D eigenvalue weighted by molar-refractivity contribution is 5.79. The molecule has 2 rings (SSSR count). The number of amides is 2. The summed E-state index contributed by atoms with van der Waals surface area (Å²) in [7, 11) is 0. The third-order valence-electron chi connectivity index (χ3n) is 3.54. The first-order chi connectivity index (χ1) is 8.06. The molecule has 2 aliphatic rings. The fourth-order valence-electron chi connectivity index (χ4n) is 2.29. The van der Waals surface area contributed by atoms with Crippen molar-refractivity contribution >= 4 is 12.0 Å². The lowest BCUT2D eigenvalue weighted by Gasteiger charge is -2.38. The van der Waals surface area contributed by atoms with Gasteiger partial charge < -0.3 is 20.4 Å². The topological polar surface area (TPSA) is 89.9 Å². The molecule has 0 aromatic carbocycles. The normalized spacial score (nSPS) is 29.6. The minimum atomic E-state index is -0.838. The maximum absolute atomic E-state index is 11.7. The lowest BCUT2D eigenvalue weighted by Crippen LogP contribution is -2.57. The van der Waals surface area contributed by atoms with Crippen LogP contribution in [0, 0.1) is 5.92 Å². The molecule has 0 atom stereocenters. The number of carbonyl (C=O) groups excluding carboxylic acids is 1. The van der Waals surface area contributed by atoms with Gasteiger partial charge in [0.25, 0.3) is 0 Å². The Morgan fingerprint density at radius 3 is 2.24 bits per heavy atom. The number of likely N-dealkylation sites (tertiary alicyclic amines) is 1. The molecule has 3 N–H and O–H groups in total. The van der Waals surface area contributed by atoms with Gasteiger partial charge in [0, 0.05) is 19.1 Å². The molecule has 0 spiro atoms. The number of aliphatic hydroxyl groups excluding tert-OH is 1. The Hall–Kier alpha value is -1.30. The monoisotopic (exact) mass is 242 g/mol. The molecule has 6 nitrogen and oxygen atoms in total. The smallest absolute Gasteiger partial charge is 0.317 e. The molecule has 96 valence electrons. The highest BCUT2D eigenvalue weighted by Crippen LogP contribution is 2.20. The van der Waals surface area contributed by atoms with E-state index in [9.17, 15) is 14.7 Å². The Kier molecular flexibility index (Phi) is 3.51. The van der Waals surface area contributed by atoms with E-state index in [4.69, 9.17) is 5.11 Å². The van der Waals surface area contributed by atoms with Crippen molar-refractivity contribution in [1.82, 2.24) is 10.2 Å². The van der Waals surface area contributed by atoms with Gasteiger partial charge in [0.05, 0.1) is 12.0 Å². The second-order valence-corrected chi connectivity index (χ2v) is 4.90. The molecule has 6 heteroatoms. The van der Waals surface area contributed by atoms with Crippen LogP contribution in [0.5, 0.6) is 0 Å². The lowest BCUT2D eigenvalue weighted by molar-refractivity contribution is -0.146. The second-order valence-electron chi connectivity index (χ2n) is 4.90. The first-order valence-electron chi connectivity index (χ1n) is 6.02. The van der Waals surface area contributed by atoms with Crippen molar-refractivity contribution < 1.29 is 19.8 Å². The molecule has 1 aliphatic heterocycles. The zero-order valence-corrected chi connectivity index (χ0v) is 9.63. The van der Waals surface area contributed by atoms with Gasteiger partial charge in [0.1, 0.15) is 0 Å². The van der Waals surface area contributed by atoms with Gasteiger partial charge >= 0.3 is 12.0 Å². The third kappa shape index (κ3) is 2.88. The van der Waals surface area contributed by atoms with E-state index in [1.807, 2.05) is 0 Å². The molecule has 1 aliphatic carbocycles. The molecule has 0 aromatic heterocycles. The maximum atomic E-state index is 11.7. The van der Waals surface area contributed by atoms with E-state index in [0.29, 0.717) is 13.1 Å². The summed E-state index contributed by atoms with van der Waals surface area (Å²) in [5.74, 6) is -1.25. The molecule has 1 saturated carbocycles. The van der Waals surface area contributed by atoms with Crippen LogP contribution in [0.4, 0.5) is 4.79 Å². The van der Waals surface area contributed by atoms with E-state index in [1.54, 1.807) is 0 Å². The Morgan fingerprint density at radius 2 is 1.71 bits per heavy atom. The number of carboxylic acid groups (broad SMARTS) is 1. The van der Waals surface area contributed by atoms with Crippen LogP contribution >= 0.6 is 0 Å². The molecule has 0 bridgehead atoms. The number of aliphatic hydroxyl groups is 1. The summed E-state index contributed by atoms with van der Waals surface area (Å²) in [5.41, 5.74) is 0. The minimum absolute atomic E-state index is 0.120. The Bertz CT molecular complexity index is 307. The number of aliphatic carboxylic acids is 1. The molecular formula is C11H18N2O4. The molecule has 1 heterocycles. The number of nitrogens with zero attached hydrogens (tertiary/aromatic N) is 1. The van der Waals surface area contributed by atoms with E-state index in [2.05, 4.69) is 5.32 Å². The first kappa shape index (κ1) is 12.2. The zero-order chi connectivity index (χ0) is 12.4. The van der Waals surface area contributed by atoms with Crippen LogP contribution in [0.25, 0.3) is 0 Å². The van der Waals surface area contributed by atoms with Crippen molar-refractivity contribution in [1.29, 1.82) is 0 Å². The van der Waals surface area contributed by atoms with Crippen LogP contribution in [-0.4, -0.2) is 52.3 Å². The average Bonchev–Trinajstić information content (AvgIpc) is 2.18. The van der Waals surface area contributed by atoms with Gasteiger partial charge in [-0.25, -0.2) is 4.79 Å². The quantitative estimate of drug-likeness (QED) is 0.636. The number of hydrogen-bond acceptors (Lipinski definition) is 3. The molecule has 2 amide bonds. The van der Waals surface area contributed by atoms with Crippen molar-refractivity contribution in [2.45, 2.75) is 37.8 Å². The van der Waals surface area contributed by atoms with Crippen molar-refractivity contribution in [3.8, 4) is 0 Å². The Morgan fingerprint density at radius 1 is 1.12 bits per heavy atom. The summed E-state index contributed by atoms with van der Waals surface area (Å²) in [6.07, 6.45) is 2.81. The largest absolute Gasteiger partial charge is 0.481 e. The van der Waals surface area contributed by atoms with E-state index >= 15 is 0 Å².